The fourth-order valence-electron chi connectivity index (χ4n) is 2.10. The van der Waals surface area contributed by atoms with Crippen molar-refractivity contribution in [2.75, 3.05) is 19.6 Å². The van der Waals surface area contributed by atoms with E-state index in [4.69, 9.17) is 5.73 Å². The number of hydrogen-bond donors (Lipinski definition) is 3. The van der Waals surface area contributed by atoms with Crippen LogP contribution in [-0.2, 0) is 9.59 Å². The fraction of sp³-hybridized carbons (Fsp3) is 0.818. The molecule has 92 valence electrons. The Hall–Kier alpha value is -1.10. The third-order valence-corrected chi connectivity index (χ3v) is 3.20. The van der Waals surface area contributed by atoms with E-state index in [0.717, 1.165) is 6.42 Å². The van der Waals surface area contributed by atoms with Crippen LogP contribution in [0.25, 0.3) is 0 Å². The van der Waals surface area contributed by atoms with Gasteiger partial charge in [-0.3, -0.25) is 9.59 Å². The standard InChI is InChI=1S/C11H21N3O2/c1-8-3-2-4-9(8)7-14-11(16)10(15)13-6-5-12/h8-9H,2-7,12H2,1H3,(H,13,15)(H,14,16). The Labute approximate surface area is 96.1 Å². The van der Waals surface area contributed by atoms with Crippen LogP contribution in [0.3, 0.4) is 0 Å². The molecule has 1 aliphatic rings. The molecule has 1 aliphatic carbocycles. The summed E-state index contributed by atoms with van der Waals surface area (Å²) in [6, 6.07) is 0. The lowest BCUT2D eigenvalue weighted by molar-refractivity contribution is -0.139. The molecule has 0 saturated heterocycles. The number of nitrogens with one attached hydrogen (secondary N) is 2. The molecule has 16 heavy (non-hydrogen) atoms. The molecule has 4 N–H and O–H groups in total. The van der Waals surface area contributed by atoms with Gasteiger partial charge in [0.2, 0.25) is 0 Å². The molecule has 5 heteroatoms. The minimum atomic E-state index is -0.587. The molecule has 0 aromatic carbocycles. The molecular weight excluding hydrogens is 206 g/mol. The van der Waals surface area contributed by atoms with Gasteiger partial charge in [0.05, 0.1) is 0 Å². The zero-order valence-electron chi connectivity index (χ0n) is 9.79. The summed E-state index contributed by atoms with van der Waals surface area (Å²) in [6.07, 6.45) is 3.59. The van der Waals surface area contributed by atoms with Crippen LogP contribution in [0.5, 0.6) is 0 Å². The summed E-state index contributed by atoms with van der Waals surface area (Å²) in [7, 11) is 0. The van der Waals surface area contributed by atoms with E-state index in [9.17, 15) is 9.59 Å². The van der Waals surface area contributed by atoms with E-state index >= 15 is 0 Å². The van der Waals surface area contributed by atoms with Gasteiger partial charge in [-0.25, -0.2) is 0 Å². The van der Waals surface area contributed by atoms with Crippen LogP contribution in [0.15, 0.2) is 0 Å². The minimum Gasteiger partial charge on any atom is -0.348 e. The summed E-state index contributed by atoms with van der Waals surface area (Å²) < 4.78 is 0. The predicted molar refractivity (Wildman–Crippen MR) is 61.6 cm³/mol. The van der Waals surface area contributed by atoms with Crippen LogP contribution in [-0.4, -0.2) is 31.4 Å². The first-order valence-electron chi connectivity index (χ1n) is 5.91. The van der Waals surface area contributed by atoms with E-state index in [1.165, 1.54) is 12.8 Å². The highest BCUT2D eigenvalue weighted by Crippen LogP contribution is 2.30. The molecule has 2 atom stereocenters. The van der Waals surface area contributed by atoms with Gasteiger partial charge in [-0.1, -0.05) is 19.8 Å². The molecule has 1 saturated carbocycles. The highest BCUT2D eigenvalue weighted by Gasteiger charge is 2.24. The lowest BCUT2D eigenvalue weighted by atomic mass is 9.98. The zero-order chi connectivity index (χ0) is 12.0. The van der Waals surface area contributed by atoms with Crippen molar-refractivity contribution in [1.82, 2.24) is 10.6 Å². The molecule has 0 radical (unpaired) electrons. The second-order valence-electron chi connectivity index (χ2n) is 4.42. The molecule has 0 aliphatic heterocycles. The monoisotopic (exact) mass is 227 g/mol. The molecule has 0 aromatic rings. The third kappa shape index (κ3) is 3.81. The Morgan fingerprint density at radius 3 is 2.50 bits per heavy atom. The summed E-state index contributed by atoms with van der Waals surface area (Å²) >= 11 is 0. The maximum atomic E-state index is 11.3. The zero-order valence-corrected chi connectivity index (χ0v) is 9.79. The minimum absolute atomic E-state index is 0.339. The highest BCUT2D eigenvalue weighted by atomic mass is 16.2. The van der Waals surface area contributed by atoms with Crippen LogP contribution in [0.2, 0.25) is 0 Å². The summed E-state index contributed by atoms with van der Waals surface area (Å²) in [5.74, 6) is 0.0299. The highest BCUT2D eigenvalue weighted by molar-refractivity contribution is 6.35. The van der Waals surface area contributed by atoms with E-state index < -0.39 is 11.8 Å². The van der Waals surface area contributed by atoms with Crippen LogP contribution in [0.1, 0.15) is 26.2 Å². The molecular formula is C11H21N3O2. The Morgan fingerprint density at radius 1 is 1.25 bits per heavy atom. The predicted octanol–water partition coefficient (Wildman–Crippen LogP) is -0.386. The Bertz CT molecular complexity index is 256. The first kappa shape index (κ1) is 13.0. The summed E-state index contributed by atoms with van der Waals surface area (Å²) in [4.78, 5) is 22.6. The molecule has 0 spiro atoms. The number of amides is 2. The van der Waals surface area contributed by atoms with Crippen molar-refractivity contribution >= 4 is 11.8 Å². The van der Waals surface area contributed by atoms with Crippen molar-refractivity contribution in [1.29, 1.82) is 0 Å². The number of carbonyl (C=O) groups is 2. The van der Waals surface area contributed by atoms with E-state index in [1.54, 1.807) is 0 Å². The van der Waals surface area contributed by atoms with E-state index in [-0.39, 0.29) is 0 Å². The summed E-state index contributed by atoms with van der Waals surface area (Å²) in [5, 5.41) is 5.11. The lowest BCUT2D eigenvalue weighted by Gasteiger charge is -2.15. The van der Waals surface area contributed by atoms with Crippen molar-refractivity contribution in [3.05, 3.63) is 0 Å². The lowest BCUT2D eigenvalue weighted by Crippen LogP contribution is -2.43. The average molecular weight is 227 g/mol. The maximum absolute atomic E-state index is 11.3. The second-order valence-corrected chi connectivity index (χ2v) is 4.42. The van der Waals surface area contributed by atoms with Gasteiger partial charge in [-0.2, -0.15) is 0 Å². The second kappa shape index (κ2) is 6.48. The van der Waals surface area contributed by atoms with Gasteiger partial charge in [0, 0.05) is 19.6 Å². The van der Waals surface area contributed by atoms with Crippen molar-refractivity contribution in [3.63, 3.8) is 0 Å². The van der Waals surface area contributed by atoms with E-state index in [2.05, 4.69) is 17.6 Å². The first-order valence-corrected chi connectivity index (χ1v) is 5.91. The number of rotatable bonds is 4. The van der Waals surface area contributed by atoms with Gasteiger partial charge in [-0.05, 0) is 18.3 Å². The summed E-state index contributed by atoms with van der Waals surface area (Å²) in [5.41, 5.74) is 5.22. The van der Waals surface area contributed by atoms with Gasteiger partial charge >= 0.3 is 11.8 Å². The van der Waals surface area contributed by atoms with Crippen LogP contribution < -0.4 is 16.4 Å². The normalized spacial score (nSPS) is 24.1. The quantitative estimate of drug-likeness (QED) is 0.572. The molecule has 0 heterocycles. The molecule has 0 bridgehead atoms. The van der Waals surface area contributed by atoms with Gasteiger partial charge in [0.15, 0.2) is 0 Å². The fourth-order valence-corrected chi connectivity index (χ4v) is 2.10. The largest absolute Gasteiger partial charge is 0.348 e. The van der Waals surface area contributed by atoms with Gasteiger partial charge in [0.1, 0.15) is 0 Å². The molecule has 2 amide bonds. The smallest absolute Gasteiger partial charge is 0.309 e. The van der Waals surface area contributed by atoms with Crippen molar-refractivity contribution in [2.45, 2.75) is 26.2 Å². The van der Waals surface area contributed by atoms with Crippen LogP contribution in [0, 0.1) is 11.8 Å². The van der Waals surface area contributed by atoms with Gasteiger partial charge in [0.25, 0.3) is 0 Å². The Kier molecular flexibility index (Phi) is 5.25. The van der Waals surface area contributed by atoms with E-state index in [1.807, 2.05) is 0 Å². The van der Waals surface area contributed by atoms with Crippen molar-refractivity contribution in [3.8, 4) is 0 Å². The number of nitrogens with two attached hydrogens (primary N) is 1. The van der Waals surface area contributed by atoms with Crippen molar-refractivity contribution < 1.29 is 9.59 Å². The number of hydrogen-bond acceptors (Lipinski definition) is 3. The molecule has 1 rings (SSSR count). The van der Waals surface area contributed by atoms with Crippen LogP contribution in [0.4, 0.5) is 0 Å². The Morgan fingerprint density at radius 2 is 1.94 bits per heavy atom. The van der Waals surface area contributed by atoms with Gasteiger partial charge in [-0.15, -0.1) is 0 Å². The summed E-state index contributed by atoms with van der Waals surface area (Å²) in [6.45, 7) is 3.49. The maximum Gasteiger partial charge on any atom is 0.309 e. The molecule has 1 fully saturated rings. The van der Waals surface area contributed by atoms with Crippen LogP contribution >= 0.6 is 0 Å². The molecule has 2 unspecified atom stereocenters. The van der Waals surface area contributed by atoms with Gasteiger partial charge < -0.3 is 16.4 Å². The number of carbonyl (C=O) groups excluding carboxylic acids is 2. The third-order valence-electron chi connectivity index (χ3n) is 3.20. The van der Waals surface area contributed by atoms with Crippen molar-refractivity contribution in [2.24, 2.45) is 17.6 Å². The SMILES string of the molecule is CC1CCCC1CNC(=O)C(=O)NCCN. The first-order chi connectivity index (χ1) is 7.65. The molecule has 0 aromatic heterocycles. The molecule has 5 nitrogen and oxygen atoms in total. The topological polar surface area (TPSA) is 84.2 Å². The van der Waals surface area contributed by atoms with E-state index in [0.29, 0.717) is 31.5 Å². The average Bonchev–Trinajstić information content (AvgIpc) is 2.68. The Balaban J connectivity index is 2.21.